The predicted octanol–water partition coefficient (Wildman–Crippen LogP) is 2.95. The molecule has 0 aromatic carbocycles. The number of carbonyl (C=O) groups excluding carboxylic acids is 3. The molecule has 5 aliphatic rings. The van der Waals surface area contributed by atoms with E-state index < -0.39 is 39.7 Å². The van der Waals surface area contributed by atoms with Gasteiger partial charge in [-0.25, -0.2) is 4.79 Å². The summed E-state index contributed by atoms with van der Waals surface area (Å²) in [5, 5.41) is 36.5. The van der Waals surface area contributed by atoms with Crippen LogP contribution in [0.15, 0.2) is 22.8 Å². The Morgan fingerprint density at radius 3 is 2.37 bits per heavy atom. The van der Waals surface area contributed by atoms with Gasteiger partial charge in [0, 0.05) is 35.8 Å². The molecular weight excluding hydrogens is 448 g/mol. The van der Waals surface area contributed by atoms with Gasteiger partial charge in [0.1, 0.15) is 23.1 Å². The summed E-state index contributed by atoms with van der Waals surface area (Å²) in [5.41, 5.74) is -4.95. The maximum atomic E-state index is 13.2. The Balaban J connectivity index is 1.54. The van der Waals surface area contributed by atoms with E-state index in [4.69, 9.17) is 4.74 Å². The van der Waals surface area contributed by atoms with E-state index >= 15 is 0 Å². The molecule has 8 atom stereocenters. The number of hydrogen-bond donors (Lipinski definition) is 3. The van der Waals surface area contributed by atoms with Crippen LogP contribution in [0.25, 0.3) is 0 Å². The molecule has 3 N–H and O–H groups in total. The second kappa shape index (κ2) is 7.36. The minimum atomic E-state index is -1.80. The topological polar surface area (TPSA) is 121 Å². The second-order valence-electron chi connectivity index (χ2n) is 12.4. The monoisotopic (exact) mass is 486 g/mol. The molecule has 0 radical (unpaired) electrons. The molecule has 5 rings (SSSR count). The molecule has 4 aliphatic carbocycles. The van der Waals surface area contributed by atoms with Crippen LogP contribution in [0, 0.1) is 22.7 Å². The molecule has 0 aromatic heterocycles. The Labute approximate surface area is 206 Å². The fourth-order valence-electron chi connectivity index (χ4n) is 8.62. The first kappa shape index (κ1) is 24.8. The Hall–Kier alpha value is -1.83. The molecule has 35 heavy (non-hydrogen) atoms. The number of aliphatic hydroxyl groups is 3. The zero-order chi connectivity index (χ0) is 25.8. The maximum absolute atomic E-state index is 13.2. The summed E-state index contributed by atoms with van der Waals surface area (Å²) in [5.74, 6) is -0.952. The summed E-state index contributed by atoms with van der Waals surface area (Å²) in [4.78, 5) is 38.3. The first-order valence-electron chi connectivity index (χ1n) is 13.0. The standard InChI is InChI=1S/C28H38O7/c1-15-14-22(35-23(31)16(15)2)26(5,32)28(34)13-12-27(33)18-6-7-19-20(29)8-9-21(30)25(19,4)17(18)10-11-24(27,28)3/h7,17-18,22,32-34H,6,8-14H2,1-5H3/t17-,18+,22?,24-,25+,26-,27+,28-/m0/s1. The van der Waals surface area contributed by atoms with Crippen molar-refractivity contribution < 1.29 is 34.4 Å². The van der Waals surface area contributed by atoms with E-state index in [-0.39, 0.29) is 49.1 Å². The maximum Gasteiger partial charge on any atom is 0.334 e. The summed E-state index contributed by atoms with van der Waals surface area (Å²) in [7, 11) is 0. The smallest absolute Gasteiger partial charge is 0.334 e. The first-order chi connectivity index (χ1) is 16.1. The normalized spacial score (nSPS) is 47.4. The molecule has 1 aliphatic heterocycles. The zero-order valence-electron chi connectivity index (χ0n) is 21.4. The first-order valence-corrected chi connectivity index (χ1v) is 13.0. The molecule has 7 heteroatoms. The summed E-state index contributed by atoms with van der Waals surface area (Å²) in [6.07, 6.45) is 3.49. The van der Waals surface area contributed by atoms with Crippen LogP contribution in [-0.2, 0) is 19.1 Å². The van der Waals surface area contributed by atoms with Crippen LogP contribution in [0.2, 0.25) is 0 Å². The molecule has 0 bridgehead atoms. The lowest BCUT2D eigenvalue weighted by Crippen LogP contribution is -2.72. The van der Waals surface area contributed by atoms with Crippen LogP contribution >= 0.6 is 0 Å². The van der Waals surface area contributed by atoms with Crippen LogP contribution < -0.4 is 0 Å². The number of allylic oxidation sites excluding steroid dienone is 2. The van der Waals surface area contributed by atoms with Gasteiger partial charge in [-0.05, 0) is 71.6 Å². The fraction of sp³-hybridized carbons (Fsp3) is 0.750. The quantitative estimate of drug-likeness (QED) is 0.513. The molecule has 0 aromatic rings. The highest BCUT2D eigenvalue weighted by Gasteiger charge is 2.76. The van der Waals surface area contributed by atoms with Crippen molar-refractivity contribution in [2.45, 2.75) is 109 Å². The van der Waals surface area contributed by atoms with Gasteiger partial charge < -0.3 is 20.1 Å². The number of ether oxygens (including phenoxy) is 1. The van der Waals surface area contributed by atoms with Gasteiger partial charge in [-0.15, -0.1) is 0 Å². The van der Waals surface area contributed by atoms with Crippen LogP contribution in [-0.4, -0.2) is 55.8 Å². The van der Waals surface area contributed by atoms with Gasteiger partial charge in [-0.1, -0.05) is 18.6 Å². The minimum absolute atomic E-state index is 0.0227. The molecule has 0 amide bonds. The van der Waals surface area contributed by atoms with Gasteiger partial charge in [0.15, 0.2) is 5.78 Å². The second-order valence-corrected chi connectivity index (χ2v) is 12.4. The molecule has 7 nitrogen and oxygen atoms in total. The van der Waals surface area contributed by atoms with Crippen molar-refractivity contribution in [3.63, 3.8) is 0 Å². The number of ketones is 2. The van der Waals surface area contributed by atoms with E-state index in [1.807, 2.05) is 26.8 Å². The van der Waals surface area contributed by atoms with E-state index in [1.165, 1.54) is 6.92 Å². The van der Waals surface area contributed by atoms with E-state index in [9.17, 15) is 29.7 Å². The third-order valence-electron chi connectivity index (χ3n) is 11.3. The van der Waals surface area contributed by atoms with E-state index in [2.05, 4.69) is 0 Å². The fourth-order valence-corrected chi connectivity index (χ4v) is 8.62. The third kappa shape index (κ3) is 2.81. The van der Waals surface area contributed by atoms with Gasteiger partial charge in [0.25, 0.3) is 0 Å². The Morgan fingerprint density at radius 2 is 1.71 bits per heavy atom. The van der Waals surface area contributed by atoms with Crippen molar-refractivity contribution in [1.82, 2.24) is 0 Å². The van der Waals surface area contributed by atoms with Crippen LogP contribution in [0.5, 0.6) is 0 Å². The number of Topliss-reactive ketones (excluding diaryl/α,β-unsaturated/α-hetero) is 2. The Kier molecular flexibility index (Phi) is 5.22. The lowest BCUT2D eigenvalue weighted by atomic mass is 9.44. The predicted molar refractivity (Wildman–Crippen MR) is 127 cm³/mol. The number of cyclic esters (lactones) is 1. The zero-order valence-corrected chi connectivity index (χ0v) is 21.4. The van der Waals surface area contributed by atoms with Crippen molar-refractivity contribution in [3.8, 4) is 0 Å². The largest absolute Gasteiger partial charge is 0.455 e. The van der Waals surface area contributed by atoms with Crippen LogP contribution in [0.4, 0.5) is 0 Å². The highest BCUT2D eigenvalue weighted by Crippen LogP contribution is 2.70. The summed E-state index contributed by atoms with van der Waals surface area (Å²) >= 11 is 0. The van der Waals surface area contributed by atoms with Crippen molar-refractivity contribution in [3.05, 3.63) is 22.8 Å². The minimum Gasteiger partial charge on any atom is -0.455 e. The van der Waals surface area contributed by atoms with Crippen molar-refractivity contribution in [2.75, 3.05) is 0 Å². The summed E-state index contributed by atoms with van der Waals surface area (Å²) < 4.78 is 5.61. The molecule has 1 unspecified atom stereocenters. The average Bonchev–Trinajstić information content (AvgIpc) is 3.02. The number of carbonyl (C=O) groups is 3. The van der Waals surface area contributed by atoms with E-state index in [0.29, 0.717) is 36.8 Å². The number of rotatable bonds is 2. The van der Waals surface area contributed by atoms with Gasteiger partial charge in [0.05, 0.1) is 11.0 Å². The Bertz CT molecular complexity index is 1080. The molecule has 192 valence electrons. The lowest BCUT2D eigenvalue weighted by Gasteiger charge is -2.63. The molecule has 3 fully saturated rings. The summed E-state index contributed by atoms with van der Waals surface area (Å²) in [6.45, 7) is 8.73. The van der Waals surface area contributed by atoms with Crippen LogP contribution in [0.3, 0.4) is 0 Å². The average molecular weight is 487 g/mol. The molecule has 0 spiro atoms. The molecule has 0 saturated heterocycles. The van der Waals surface area contributed by atoms with Gasteiger partial charge in [-0.3, -0.25) is 9.59 Å². The molecule has 1 heterocycles. The number of esters is 1. The SMILES string of the molecule is CC1=C(C)C(=O)OC([C@](C)(O)[C@]2(O)CC[C@@]3(O)[C@@H]4CC=C5C(=O)CCC(=O)[C@]5(C)[C@H]4CC[C@]23C)C1. The molecule has 3 saturated carbocycles. The van der Waals surface area contributed by atoms with E-state index in [1.54, 1.807) is 6.92 Å². The van der Waals surface area contributed by atoms with Crippen LogP contribution in [0.1, 0.15) is 86.0 Å². The van der Waals surface area contributed by atoms with Gasteiger partial charge >= 0.3 is 5.97 Å². The number of hydrogen-bond acceptors (Lipinski definition) is 7. The third-order valence-corrected chi connectivity index (χ3v) is 11.3. The van der Waals surface area contributed by atoms with Gasteiger partial charge in [-0.2, -0.15) is 0 Å². The molecular formula is C28H38O7. The number of fused-ring (bicyclic) bond motifs is 5. The highest BCUT2D eigenvalue weighted by molar-refractivity contribution is 6.09. The summed E-state index contributed by atoms with van der Waals surface area (Å²) in [6, 6.07) is 0. The van der Waals surface area contributed by atoms with Crippen molar-refractivity contribution in [2.24, 2.45) is 22.7 Å². The highest BCUT2D eigenvalue weighted by atomic mass is 16.6. The van der Waals surface area contributed by atoms with E-state index in [0.717, 1.165) is 5.57 Å². The van der Waals surface area contributed by atoms with Gasteiger partial charge in [0.2, 0.25) is 0 Å². The Morgan fingerprint density at radius 1 is 1.03 bits per heavy atom. The van der Waals surface area contributed by atoms with Crippen molar-refractivity contribution >= 4 is 17.5 Å². The lowest BCUT2D eigenvalue weighted by molar-refractivity contribution is -0.279. The van der Waals surface area contributed by atoms with Crippen molar-refractivity contribution in [1.29, 1.82) is 0 Å².